The number of aromatic nitrogens is 2. The van der Waals surface area contributed by atoms with Gasteiger partial charge in [0.25, 0.3) is 0 Å². The van der Waals surface area contributed by atoms with Gasteiger partial charge in [0.1, 0.15) is 0 Å². The Morgan fingerprint density at radius 2 is 2.24 bits per heavy atom. The Morgan fingerprint density at radius 1 is 1.47 bits per heavy atom. The number of aryl methyl sites for hydroxylation is 1. The van der Waals surface area contributed by atoms with Gasteiger partial charge in [0.2, 0.25) is 0 Å². The van der Waals surface area contributed by atoms with E-state index in [-0.39, 0.29) is 0 Å². The molecule has 17 heavy (non-hydrogen) atoms. The molecule has 0 amide bonds. The summed E-state index contributed by atoms with van der Waals surface area (Å²) in [5, 5.41) is 7.91. The first-order valence-electron chi connectivity index (χ1n) is 6.48. The number of rotatable bonds is 8. The average Bonchev–Trinajstić information content (AvgIpc) is 2.65. The van der Waals surface area contributed by atoms with E-state index in [2.05, 4.69) is 37.4 Å². The molecule has 0 fully saturated rings. The van der Waals surface area contributed by atoms with E-state index in [9.17, 15) is 0 Å². The molecule has 0 bridgehead atoms. The fourth-order valence-electron chi connectivity index (χ4n) is 1.62. The maximum absolute atomic E-state index is 5.29. The van der Waals surface area contributed by atoms with Gasteiger partial charge in [-0.15, -0.1) is 0 Å². The zero-order chi connectivity index (χ0) is 12.7. The smallest absolute Gasteiger partial charge is 0.0638 e. The van der Waals surface area contributed by atoms with Crippen LogP contribution in [0, 0.1) is 6.92 Å². The Morgan fingerprint density at radius 3 is 2.82 bits per heavy atom. The molecule has 98 valence electrons. The summed E-state index contributed by atoms with van der Waals surface area (Å²) in [7, 11) is 0. The number of hydrogen-bond donors (Lipinski definition) is 1. The van der Waals surface area contributed by atoms with Gasteiger partial charge in [0.15, 0.2) is 0 Å². The Hall–Kier alpha value is -0.870. The average molecular weight is 239 g/mol. The highest BCUT2D eigenvalue weighted by Crippen LogP contribution is 2.09. The van der Waals surface area contributed by atoms with Crippen molar-refractivity contribution in [2.45, 2.75) is 46.7 Å². The molecule has 0 atom stereocenters. The highest BCUT2D eigenvalue weighted by molar-refractivity contribution is 5.15. The summed E-state index contributed by atoms with van der Waals surface area (Å²) in [6.45, 7) is 11.9. The zero-order valence-corrected chi connectivity index (χ0v) is 11.5. The topological polar surface area (TPSA) is 39.1 Å². The summed E-state index contributed by atoms with van der Waals surface area (Å²) >= 11 is 0. The van der Waals surface area contributed by atoms with Crippen molar-refractivity contribution in [2.24, 2.45) is 0 Å². The van der Waals surface area contributed by atoms with Gasteiger partial charge in [-0.3, -0.25) is 4.68 Å². The molecule has 0 aliphatic heterocycles. The quantitative estimate of drug-likeness (QED) is 0.707. The predicted molar refractivity (Wildman–Crippen MR) is 70.2 cm³/mol. The molecule has 0 radical (unpaired) electrons. The third-order valence-electron chi connectivity index (χ3n) is 2.71. The number of ether oxygens (including phenoxy) is 1. The van der Waals surface area contributed by atoms with E-state index in [4.69, 9.17) is 4.74 Å². The molecule has 1 aromatic heterocycles. The maximum Gasteiger partial charge on any atom is 0.0638 e. The second-order valence-electron chi connectivity index (χ2n) is 4.54. The van der Waals surface area contributed by atoms with Gasteiger partial charge >= 0.3 is 0 Å². The van der Waals surface area contributed by atoms with Gasteiger partial charge in [-0.05, 0) is 40.7 Å². The predicted octanol–water partition coefficient (Wildman–Crippen LogP) is 2.29. The summed E-state index contributed by atoms with van der Waals surface area (Å²) in [5.74, 6) is 0. The van der Waals surface area contributed by atoms with Gasteiger partial charge in [0.05, 0.1) is 5.69 Å². The van der Waals surface area contributed by atoms with Crippen molar-refractivity contribution in [3.8, 4) is 0 Å². The van der Waals surface area contributed by atoms with Crippen LogP contribution in [0.15, 0.2) is 6.20 Å². The Labute approximate surface area is 104 Å². The van der Waals surface area contributed by atoms with Gasteiger partial charge in [-0.2, -0.15) is 5.10 Å². The van der Waals surface area contributed by atoms with Crippen LogP contribution in [0.4, 0.5) is 0 Å². The van der Waals surface area contributed by atoms with Crippen LogP contribution in [-0.2, 0) is 11.3 Å². The van der Waals surface area contributed by atoms with Crippen LogP contribution in [0.3, 0.4) is 0 Å². The van der Waals surface area contributed by atoms with Crippen LogP contribution in [0.5, 0.6) is 0 Å². The van der Waals surface area contributed by atoms with Crippen molar-refractivity contribution in [1.82, 2.24) is 15.1 Å². The molecule has 1 heterocycles. The van der Waals surface area contributed by atoms with Gasteiger partial charge in [-0.25, -0.2) is 0 Å². The first kappa shape index (κ1) is 14.2. The van der Waals surface area contributed by atoms with E-state index in [1.165, 1.54) is 5.56 Å². The highest BCUT2D eigenvalue weighted by atomic mass is 16.5. The molecule has 4 heteroatoms. The van der Waals surface area contributed by atoms with Crippen molar-refractivity contribution < 1.29 is 4.74 Å². The van der Waals surface area contributed by atoms with Crippen LogP contribution in [0.2, 0.25) is 0 Å². The van der Waals surface area contributed by atoms with Crippen molar-refractivity contribution >= 4 is 0 Å². The van der Waals surface area contributed by atoms with Crippen LogP contribution >= 0.6 is 0 Å². The van der Waals surface area contributed by atoms with Crippen LogP contribution < -0.4 is 5.32 Å². The van der Waals surface area contributed by atoms with Crippen molar-refractivity contribution in [3.05, 3.63) is 17.5 Å². The molecule has 0 aliphatic carbocycles. The fraction of sp³-hybridized carbons (Fsp3) is 0.769. The second kappa shape index (κ2) is 7.45. The normalized spacial score (nSPS) is 11.4. The van der Waals surface area contributed by atoms with Crippen LogP contribution in [0.25, 0.3) is 0 Å². The molecular weight excluding hydrogens is 214 g/mol. The standard InChI is InChI=1S/C13H25N3O/c1-5-17-8-6-7-14-9-13-10-16(11(2)3)15-12(13)4/h10-11,14H,5-9H2,1-4H3. The lowest BCUT2D eigenvalue weighted by atomic mass is 10.2. The van der Waals surface area contributed by atoms with E-state index in [0.717, 1.165) is 38.4 Å². The SMILES string of the molecule is CCOCCCNCc1cn(C(C)C)nc1C. The largest absolute Gasteiger partial charge is 0.382 e. The van der Waals surface area contributed by atoms with E-state index in [1.807, 2.05) is 11.6 Å². The third-order valence-corrected chi connectivity index (χ3v) is 2.71. The second-order valence-corrected chi connectivity index (χ2v) is 4.54. The maximum atomic E-state index is 5.29. The molecular formula is C13H25N3O. The lowest BCUT2D eigenvalue weighted by Crippen LogP contribution is -2.16. The Bertz CT molecular complexity index is 320. The number of nitrogens with one attached hydrogen (secondary N) is 1. The molecule has 0 aromatic carbocycles. The summed E-state index contributed by atoms with van der Waals surface area (Å²) < 4.78 is 7.31. The minimum atomic E-state index is 0.431. The molecule has 0 unspecified atom stereocenters. The Kier molecular flexibility index (Phi) is 6.22. The zero-order valence-electron chi connectivity index (χ0n) is 11.5. The van der Waals surface area contributed by atoms with E-state index < -0.39 is 0 Å². The third kappa shape index (κ3) is 4.88. The van der Waals surface area contributed by atoms with Crippen LogP contribution in [-0.4, -0.2) is 29.5 Å². The summed E-state index contributed by atoms with van der Waals surface area (Å²) in [6, 6.07) is 0.431. The molecule has 4 nitrogen and oxygen atoms in total. The summed E-state index contributed by atoms with van der Waals surface area (Å²) in [4.78, 5) is 0. The number of nitrogens with zero attached hydrogens (tertiary/aromatic N) is 2. The molecule has 0 saturated heterocycles. The molecule has 1 N–H and O–H groups in total. The minimum absolute atomic E-state index is 0.431. The lowest BCUT2D eigenvalue weighted by molar-refractivity contribution is 0.144. The van der Waals surface area contributed by atoms with E-state index in [0.29, 0.717) is 6.04 Å². The monoisotopic (exact) mass is 239 g/mol. The fourth-order valence-corrected chi connectivity index (χ4v) is 1.62. The number of hydrogen-bond acceptors (Lipinski definition) is 3. The van der Waals surface area contributed by atoms with Crippen LogP contribution in [0.1, 0.15) is 44.5 Å². The lowest BCUT2D eigenvalue weighted by Gasteiger charge is -2.04. The first-order chi connectivity index (χ1) is 8.15. The molecule has 0 spiro atoms. The van der Waals surface area contributed by atoms with Crippen molar-refractivity contribution in [1.29, 1.82) is 0 Å². The molecule has 1 aromatic rings. The van der Waals surface area contributed by atoms with Crippen molar-refractivity contribution in [3.63, 3.8) is 0 Å². The van der Waals surface area contributed by atoms with E-state index >= 15 is 0 Å². The van der Waals surface area contributed by atoms with E-state index in [1.54, 1.807) is 0 Å². The Balaban J connectivity index is 2.27. The molecule has 0 aliphatic rings. The molecule has 1 rings (SSSR count). The van der Waals surface area contributed by atoms with Gasteiger partial charge < -0.3 is 10.1 Å². The van der Waals surface area contributed by atoms with Gasteiger partial charge in [0, 0.05) is 37.6 Å². The molecule has 0 saturated carbocycles. The van der Waals surface area contributed by atoms with Crippen molar-refractivity contribution in [2.75, 3.05) is 19.8 Å². The summed E-state index contributed by atoms with van der Waals surface area (Å²) in [6.07, 6.45) is 3.20. The first-order valence-corrected chi connectivity index (χ1v) is 6.48. The highest BCUT2D eigenvalue weighted by Gasteiger charge is 2.06. The van der Waals surface area contributed by atoms with Gasteiger partial charge in [-0.1, -0.05) is 0 Å². The summed E-state index contributed by atoms with van der Waals surface area (Å²) in [5.41, 5.74) is 2.41. The minimum Gasteiger partial charge on any atom is -0.382 e.